The monoisotopic (exact) mass is 648 g/mol. The Balaban J connectivity index is 1.26. The molecule has 0 bridgehead atoms. The highest BCUT2D eigenvalue weighted by molar-refractivity contribution is 6.25. The van der Waals surface area contributed by atoms with Crippen molar-refractivity contribution in [3.8, 4) is 33.4 Å². The Bertz CT molecular complexity index is 2980. The number of hydrogen-bond acceptors (Lipinski definition) is 1. The lowest BCUT2D eigenvalue weighted by Crippen LogP contribution is -2.22. The molecule has 1 nitrogen and oxygen atoms in total. The second-order valence-electron chi connectivity index (χ2n) is 14.1. The molecule has 1 heterocycles. The van der Waals surface area contributed by atoms with Crippen molar-refractivity contribution in [1.82, 2.24) is 0 Å². The van der Waals surface area contributed by atoms with Crippen LogP contribution >= 0.6 is 0 Å². The van der Waals surface area contributed by atoms with Crippen molar-refractivity contribution in [3.63, 3.8) is 0 Å². The summed E-state index contributed by atoms with van der Waals surface area (Å²) < 4.78 is 6.41. The second kappa shape index (κ2) is 10.5. The van der Waals surface area contributed by atoms with Gasteiger partial charge in [0, 0.05) is 16.2 Å². The third-order valence-electron chi connectivity index (χ3n) is 11.5. The molecule has 0 spiro atoms. The number of para-hydroxylation sites is 1. The molecule has 9 aromatic carbocycles. The Kier molecular flexibility index (Phi) is 5.86. The standard InChI is InChI=1S/C50H32O/c1-50(32-15-3-2-4-16-32)43-25-13-11-24-41(43)49-36-19-6-5-17-33(36)42(30-44(49)50)48-39-22-9-7-20-37(39)47(38-21-8-10-23-40(38)48)31-27-28-35-34-18-12-14-26-45(34)51-46(35)29-31/h2-30H,1H3. The summed E-state index contributed by atoms with van der Waals surface area (Å²) in [6.45, 7) is 2.42. The Morgan fingerprint density at radius 3 is 1.59 bits per heavy atom. The molecule has 1 atom stereocenters. The third kappa shape index (κ3) is 3.86. The maximum absolute atomic E-state index is 6.41. The fourth-order valence-electron chi connectivity index (χ4n) is 9.24. The van der Waals surface area contributed by atoms with Gasteiger partial charge in [-0.15, -0.1) is 0 Å². The molecule has 0 fully saturated rings. The third-order valence-corrected chi connectivity index (χ3v) is 11.5. The molecule has 1 aliphatic rings. The van der Waals surface area contributed by atoms with Gasteiger partial charge in [-0.2, -0.15) is 0 Å². The van der Waals surface area contributed by atoms with E-state index in [1.165, 1.54) is 76.8 Å². The van der Waals surface area contributed by atoms with E-state index < -0.39 is 0 Å². The first-order valence-electron chi connectivity index (χ1n) is 17.8. The highest BCUT2D eigenvalue weighted by atomic mass is 16.3. The number of rotatable bonds is 3. The summed E-state index contributed by atoms with van der Waals surface area (Å²) >= 11 is 0. The van der Waals surface area contributed by atoms with E-state index in [4.69, 9.17) is 4.42 Å². The molecular weight excluding hydrogens is 617 g/mol. The number of furan rings is 1. The van der Waals surface area contributed by atoms with Crippen LogP contribution in [0.5, 0.6) is 0 Å². The van der Waals surface area contributed by atoms with Crippen LogP contribution < -0.4 is 0 Å². The SMILES string of the molecule is CC1(c2ccccc2)c2ccccc2-c2c1cc(-c1c3ccccc3c(-c3ccc4c(c3)oc3ccccc34)c3ccccc13)c1ccccc21. The lowest BCUT2D eigenvalue weighted by molar-refractivity contribution is 0.669. The molecule has 0 saturated carbocycles. The molecule has 1 aliphatic carbocycles. The van der Waals surface area contributed by atoms with Gasteiger partial charge in [0.05, 0.1) is 0 Å². The van der Waals surface area contributed by atoms with Crippen molar-refractivity contribution in [1.29, 1.82) is 0 Å². The molecule has 0 amide bonds. The molecule has 11 rings (SSSR count). The minimum Gasteiger partial charge on any atom is -0.456 e. The summed E-state index contributed by atoms with van der Waals surface area (Å²) in [7, 11) is 0. The van der Waals surface area contributed by atoms with Gasteiger partial charge in [0.1, 0.15) is 11.2 Å². The first-order valence-corrected chi connectivity index (χ1v) is 17.8. The Morgan fingerprint density at radius 1 is 0.353 bits per heavy atom. The van der Waals surface area contributed by atoms with Crippen LogP contribution in [-0.4, -0.2) is 0 Å². The Hall–Kier alpha value is -6.44. The first-order chi connectivity index (χ1) is 25.2. The predicted octanol–water partition coefficient (Wildman–Crippen LogP) is 13.7. The number of benzene rings is 9. The molecule has 0 N–H and O–H groups in total. The summed E-state index contributed by atoms with van der Waals surface area (Å²) in [5.41, 5.74) is 13.2. The lowest BCUT2D eigenvalue weighted by atomic mass is 9.73. The van der Waals surface area contributed by atoms with Crippen LogP contribution in [-0.2, 0) is 5.41 Å². The van der Waals surface area contributed by atoms with Gasteiger partial charge in [-0.3, -0.25) is 0 Å². The highest BCUT2D eigenvalue weighted by Crippen LogP contribution is 2.57. The smallest absolute Gasteiger partial charge is 0.136 e. The zero-order valence-electron chi connectivity index (χ0n) is 28.2. The highest BCUT2D eigenvalue weighted by Gasteiger charge is 2.42. The van der Waals surface area contributed by atoms with E-state index in [9.17, 15) is 0 Å². The fourth-order valence-corrected chi connectivity index (χ4v) is 9.24. The van der Waals surface area contributed by atoms with E-state index in [0.29, 0.717) is 0 Å². The summed E-state index contributed by atoms with van der Waals surface area (Å²) in [6.07, 6.45) is 0. The van der Waals surface area contributed by atoms with Crippen LogP contribution in [0.4, 0.5) is 0 Å². The van der Waals surface area contributed by atoms with Gasteiger partial charge in [0.2, 0.25) is 0 Å². The minimum absolute atomic E-state index is 0.306. The quantitative estimate of drug-likeness (QED) is 0.174. The molecular formula is C50H32O. The van der Waals surface area contributed by atoms with Gasteiger partial charge in [-0.25, -0.2) is 0 Å². The molecule has 10 aromatic rings. The predicted molar refractivity (Wildman–Crippen MR) is 215 cm³/mol. The van der Waals surface area contributed by atoms with Crippen molar-refractivity contribution in [2.75, 3.05) is 0 Å². The van der Waals surface area contributed by atoms with Crippen molar-refractivity contribution in [3.05, 3.63) is 193 Å². The van der Waals surface area contributed by atoms with E-state index in [1.807, 2.05) is 6.07 Å². The van der Waals surface area contributed by atoms with E-state index in [1.54, 1.807) is 0 Å². The van der Waals surface area contributed by atoms with E-state index in [2.05, 4.69) is 177 Å². The van der Waals surface area contributed by atoms with Gasteiger partial charge in [0.15, 0.2) is 0 Å². The molecule has 0 saturated heterocycles. The maximum Gasteiger partial charge on any atom is 0.136 e. The van der Waals surface area contributed by atoms with Crippen LogP contribution in [0.2, 0.25) is 0 Å². The van der Waals surface area contributed by atoms with Crippen molar-refractivity contribution < 1.29 is 4.42 Å². The van der Waals surface area contributed by atoms with Crippen LogP contribution in [0.1, 0.15) is 23.6 Å². The molecule has 1 aromatic heterocycles. The normalized spacial score (nSPS) is 15.2. The number of fused-ring (bicyclic) bond motifs is 10. The molecule has 238 valence electrons. The van der Waals surface area contributed by atoms with Crippen LogP contribution in [0, 0.1) is 0 Å². The summed E-state index contributed by atoms with van der Waals surface area (Å²) in [5, 5.41) is 9.83. The Morgan fingerprint density at radius 2 is 0.882 bits per heavy atom. The van der Waals surface area contributed by atoms with Gasteiger partial charge < -0.3 is 4.42 Å². The minimum atomic E-state index is -0.306. The Labute approximate surface area is 296 Å². The zero-order valence-corrected chi connectivity index (χ0v) is 28.2. The van der Waals surface area contributed by atoms with E-state index in [0.717, 1.165) is 27.5 Å². The van der Waals surface area contributed by atoms with Gasteiger partial charge >= 0.3 is 0 Å². The van der Waals surface area contributed by atoms with Gasteiger partial charge in [-0.05, 0) is 114 Å². The zero-order chi connectivity index (χ0) is 33.7. The molecule has 1 unspecified atom stereocenters. The van der Waals surface area contributed by atoms with Gasteiger partial charge in [-0.1, -0.05) is 152 Å². The second-order valence-corrected chi connectivity index (χ2v) is 14.1. The van der Waals surface area contributed by atoms with E-state index >= 15 is 0 Å². The molecule has 1 heteroatoms. The van der Waals surface area contributed by atoms with Crippen molar-refractivity contribution in [2.45, 2.75) is 12.3 Å². The average molecular weight is 649 g/mol. The largest absolute Gasteiger partial charge is 0.456 e. The summed E-state index contributed by atoms with van der Waals surface area (Å²) in [6, 6.07) is 64.6. The lowest BCUT2D eigenvalue weighted by Gasteiger charge is -2.29. The van der Waals surface area contributed by atoms with Gasteiger partial charge in [0.25, 0.3) is 0 Å². The van der Waals surface area contributed by atoms with Crippen LogP contribution in [0.3, 0.4) is 0 Å². The van der Waals surface area contributed by atoms with Crippen molar-refractivity contribution in [2.24, 2.45) is 0 Å². The summed E-state index contributed by atoms with van der Waals surface area (Å²) in [4.78, 5) is 0. The molecule has 0 radical (unpaired) electrons. The van der Waals surface area contributed by atoms with Crippen molar-refractivity contribution >= 4 is 54.3 Å². The summed E-state index contributed by atoms with van der Waals surface area (Å²) in [5.74, 6) is 0. The number of hydrogen-bond donors (Lipinski definition) is 0. The maximum atomic E-state index is 6.41. The fraction of sp³-hybridized carbons (Fsp3) is 0.0400. The van der Waals surface area contributed by atoms with E-state index in [-0.39, 0.29) is 5.41 Å². The first kappa shape index (κ1) is 28.4. The molecule has 51 heavy (non-hydrogen) atoms. The van der Waals surface area contributed by atoms with Crippen LogP contribution in [0.25, 0.3) is 87.6 Å². The molecule has 0 aliphatic heterocycles. The topological polar surface area (TPSA) is 13.1 Å². The van der Waals surface area contributed by atoms with Crippen LogP contribution in [0.15, 0.2) is 180 Å². The average Bonchev–Trinajstić information content (AvgIpc) is 3.69.